The van der Waals surface area contributed by atoms with Crippen molar-refractivity contribution in [2.45, 2.75) is 31.5 Å². The molecule has 0 aromatic carbocycles. The molecule has 0 aliphatic heterocycles. The van der Waals surface area contributed by atoms with Gasteiger partial charge in [0.05, 0.1) is 0 Å². The lowest BCUT2D eigenvalue weighted by Gasteiger charge is -2.10. The van der Waals surface area contributed by atoms with Gasteiger partial charge in [0.2, 0.25) is 0 Å². The summed E-state index contributed by atoms with van der Waals surface area (Å²) >= 11 is 5.36. The van der Waals surface area contributed by atoms with Gasteiger partial charge in [0.25, 0.3) is 0 Å². The van der Waals surface area contributed by atoms with Crippen LogP contribution in [0.2, 0.25) is 0 Å². The van der Waals surface area contributed by atoms with Crippen LogP contribution in [0.5, 0.6) is 0 Å². The maximum atomic E-state index is 11.5. The van der Waals surface area contributed by atoms with Gasteiger partial charge in [-0.2, -0.15) is 13.2 Å². The predicted molar refractivity (Wildman–Crippen MR) is 36.6 cm³/mol. The summed E-state index contributed by atoms with van der Waals surface area (Å²) in [6.45, 7) is 2.02. The van der Waals surface area contributed by atoms with Crippen LogP contribution >= 0.6 is 11.6 Å². The first-order valence-electron chi connectivity index (χ1n) is 3.28. The quantitative estimate of drug-likeness (QED) is 0.620. The van der Waals surface area contributed by atoms with Crippen LogP contribution in [-0.2, 0) is 4.74 Å². The molecule has 0 N–H and O–H groups in total. The third-order valence-corrected chi connectivity index (χ3v) is 1.35. The molecular formula is C6H10ClF3O. The van der Waals surface area contributed by atoms with Crippen LogP contribution in [0, 0.1) is 0 Å². The highest BCUT2D eigenvalue weighted by atomic mass is 35.5. The molecule has 0 aliphatic carbocycles. The van der Waals surface area contributed by atoms with E-state index >= 15 is 0 Å². The van der Waals surface area contributed by atoms with Crippen molar-refractivity contribution < 1.29 is 17.9 Å². The highest BCUT2D eigenvalue weighted by molar-refractivity contribution is 6.19. The molecule has 0 radical (unpaired) electrons. The Morgan fingerprint density at radius 1 is 1.45 bits per heavy atom. The molecule has 5 heteroatoms. The van der Waals surface area contributed by atoms with Crippen LogP contribution in [0.25, 0.3) is 0 Å². The molecule has 68 valence electrons. The van der Waals surface area contributed by atoms with Crippen molar-refractivity contribution in [1.29, 1.82) is 0 Å². The van der Waals surface area contributed by atoms with Gasteiger partial charge in [-0.1, -0.05) is 11.6 Å². The maximum Gasteiger partial charge on any atom is 0.389 e. The summed E-state index contributed by atoms with van der Waals surface area (Å²) in [6.07, 6.45) is -5.20. The average molecular weight is 191 g/mol. The maximum absolute atomic E-state index is 11.5. The first-order chi connectivity index (χ1) is 4.95. The van der Waals surface area contributed by atoms with Gasteiger partial charge in [-0.15, -0.1) is 0 Å². The molecule has 0 fully saturated rings. The molecule has 0 saturated carbocycles. The van der Waals surface area contributed by atoms with Crippen LogP contribution in [0.4, 0.5) is 13.2 Å². The van der Waals surface area contributed by atoms with E-state index in [4.69, 9.17) is 16.3 Å². The standard InChI is InChI=1S/C6H10ClF3O/c1-2-11-5(7)3-4-6(8,9)10/h5H,2-4H2,1H3. The Morgan fingerprint density at radius 2 is 2.00 bits per heavy atom. The van der Waals surface area contributed by atoms with Gasteiger partial charge in [-0.25, -0.2) is 0 Å². The van der Waals surface area contributed by atoms with E-state index in [2.05, 4.69) is 0 Å². The van der Waals surface area contributed by atoms with Crippen LogP contribution in [0.1, 0.15) is 19.8 Å². The molecule has 0 rings (SSSR count). The Kier molecular flexibility index (Phi) is 4.84. The Morgan fingerprint density at radius 3 is 2.36 bits per heavy atom. The Hall–Kier alpha value is 0.0400. The Balaban J connectivity index is 3.38. The minimum Gasteiger partial charge on any atom is -0.363 e. The SMILES string of the molecule is CCOC(Cl)CCC(F)(F)F. The topological polar surface area (TPSA) is 9.23 Å². The van der Waals surface area contributed by atoms with E-state index < -0.39 is 18.2 Å². The highest BCUT2D eigenvalue weighted by Gasteiger charge is 2.27. The molecule has 11 heavy (non-hydrogen) atoms. The number of rotatable bonds is 4. The van der Waals surface area contributed by atoms with Crippen molar-refractivity contribution in [3.05, 3.63) is 0 Å². The molecule has 0 aromatic rings. The molecule has 0 heterocycles. The number of alkyl halides is 4. The fraction of sp³-hybridized carbons (Fsp3) is 1.00. The summed E-state index contributed by atoms with van der Waals surface area (Å²) < 4.78 is 39.3. The summed E-state index contributed by atoms with van der Waals surface area (Å²) in [7, 11) is 0. The minimum atomic E-state index is -4.13. The number of ether oxygens (including phenoxy) is 1. The number of hydrogen-bond acceptors (Lipinski definition) is 1. The monoisotopic (exact) mass is 190 g/mol. The molecule has 1 atom stereocenters. The van der Waals surface area contributed by atoms with Crippen LogP contribution in [0.15, 0.2) is 0 Å². The summed E-state index contributed by atoms with van der Waals surface area (Å²) in [5.74, 6) is 0. The summed E-state index contributed by atoms with van der Waals surface area (Å²) in [5.41, 5.74) is -0.818. The largest absolute Gasteiger partial charge is 0.389 e. The summed E-state index contributed by atoms with van der Waals surface area (Å²) in [4.78, 5) is 0. The van der Waals surface area contributed by atoms with Crippen molar-refractivity contribution in [1.82, 2.24) is 0 Å². The van der Waals surface area contributed by atoms with Crippen LogP contribution in [0.3, 0.4) is 0 Å². The molecule has 1 unspecified atom stereocenters. The molecule has 0 aromatic heterocycles. The van der Waals surface area contributed by atoms with Gasteiger partial charge in [0.15, 0.2) is 0 Å². The smallest absolute Gasteiger partial charge is 0.363 e. The van der Waals surface area contributed by atoms with E-state index in [1.165, 1.54) is 0 Å². The van der Waals surface area contributed by atoms with E-state index in [1.807, 2.05) is 0 Å². The highest BCUT2D eigenvalue weighted by Crippen LogP contribution is 2.23. The summed E-state index contributed by atoms with van der Waals surface area (Å²) in [5, 5.41) is 0. The lowest BCUT2D eigenvalue weighted by molar-refractivity contribution is -0.139. The molecule has 0 aliphatic rings. The van der Waals surface area contributed by atoms with Gasteiger partial charge in [-0.3, -0.25) is 0 Å². The zero-order valence-electron chi connectivity index (χ0n) is 6.12. The average Bonchev–Trinajstić information content (AvgIpc) is 1.83. The van der Waals surface area contributed by atoms with E-state index in [0.29, 0.717) is 6.61 Å². The lowest BCUT2D eigenvalue weighted by atomic mass is 10.3. The van der Waals surface area contributed by atoms with Crippen molar-refractivity contribution in [3.8, 4) is 0 Å². The zero-order chi connectivity index (χ0) is 8.91. The molecular weight excluding hydrogens is 181 g/mol. The van der Waals surface area contributed by atoms with Gasteiger partial charge >= 0.3 is 6.18 Å². The fourth-order valence-corrected chi connectivity index (χ4v) is 0.776. The van der Waals surface area contributed by atoms with Crippen LogP contribution < -0.4 is 0 Å². The predicted octanol–water partition coefficient (Wildman–Crippen LogP) is 2.93. The Labute approximate surface area is 68.5 Å². The van der Waals surface area contributed by atoms with Gasteiger partial charge in [-0.05, 0) is 13.3 Å². The number of halogens is 4. The molecule has 0 bridgehead atoms. The third kappa shape index (κ3) is 7.94. The molecule has 1 nitrogen and oxygen atoms in total. The van der Waals surface area contributed by atoms with Crippen molar-refractivity contribution in [3.63, 3.8) is 0 Å². The minimum absolute atomic E-state index is 0.182. The van der Waals surface area contributed by atoms with E-state index in [0.717, 1.165) is 0 Å². The zero-order valence-corrected chi connectivity index (χ0v) is 6.87. The van der Waals surface area contributed by atoms with E-state index in [-0.39, 0.29) is 6.42 Å². The van der Waals surface area contributed by atoms with Crippen molar-refractivity contribution >= 4 is 11.6 Å². The van der Waals surface area contributed by atoms with Crippen molar-refractivity contribution in [2.75, 3.05) is 6.61 Å². The summed E-state index contributed by atoms with van der Waals surface area (Å²) in [6, 6.07) is 0. The molecule has 0 saturated heterocycles. The van der Waals surface area contributed by atoms with Crippen LogP contribution in [-0.4, -0.2) is 18.3 Å². The second-order valence-corrected chi connectivity index (χ2v) is 2.51. The van der Waals surface area contributed by atoms with Gasteiger partial charge in [0, 0.05) is 13.0 Å². The molecule has 0 amide bonds. The first kappa shape index (κ1) is 11.0. The Bertz CT molecular complexity index is 104. The fourth-order valence-electron chi connectivity index (χ4n) is 0.541. The second-order valence-electron chi connectivity index (χ2n) is 2.02. The normalized spacial score (nSPS) is 15.0. The van der Waals surface area contributed by atoms with E-state index in [1.54, 1.807) is 6.92 Å². The lowest BCUT2D eigenvalue weighted by Crippen LogP contribution is -2.12. The second kappa shape index (κ2) is 4.83. The third-order valence-electron chi connectivity index (χ3n) is 1.00. The van der Waals surface area contributed by atoms with Crippen molar-refractivity contribution in [2.24, 2.45) is 0 Å². The van der Waals surface area contributed by atoms with E-state index in [9.17, 15) is 13.2 Å². The van der Waals surface area contributed by atoms with Gasteiger partial charge in [0.1, 0.15) is 5.56 Å². The molecule has 0 spiro atoms. The number of hydrogen-bond donors (Lipinski definition) is 0. The van der Waals surface area contributed by atoms with Gasteiger partial charge < -0.3 is 4.74 Å². The first-order valence-corrected chi connectivity index (χ1v) is 3.71.